The molecule has 1 amide bonds. The number of carbonyl (C=O) groups excluding carboxylic acids is 1. The lowest BCUT2D eigenvalue weighted by Crippen LogP contribution is -2.30. The van der Waals surface area contributed by atoms with E-state index in [4.69, 9.17) is 0 Å². The summed E-state index contributed by atoms with van der Waals surface area (Å²) in [7, 11) is 1.97. The number of phenols is 1. The van der Waals surface area contributed by atoms with Gasteiger partial charge in [-0.2, -0.15) is 5.10 Å². The van der Waals surface area contributed by atoms with Gasteiger partial charge in [0.1, 0.15) is 5.75 Å². The Bertz CT molecular complexity index is 948. The minimum absolute atomic E-state index is 0.168. The van der Waals surface area contributed by atoms with Crippen molar-refractivity contribution in [2.75, 3.05) is 5.75 Å². The Morgan fingerprint density at radius 3 is 2.65 bits per heavy atom. The van der Waals surface area contributed by atoms with Crippen molar-refractivity contribution in [3.8, 4) is 5.75 Å². The summed E-state index contributed by atoms with van der Waals surface area (Å²) in [5.74, 6) is 0.297. The van der Waals surface area contributed by atoms with E-state index in [0.29, 0.717) is 6.42 Å². The molecule has 3 N–H and O–H groups in total. The zero-order chi connectivity index (χ0) is 18.5. The van der Waals surface area contributed by atoms with E-state index in [9.17, 15) is 9.90 Å². The Kier molecular flexibility index (Phi) is 5.58. The molecule has 0 saturated carbocycles. The van der Waals surface area contributed by atoms with Crippen LogP contribution in [0.1, 0.15) is 18.9 Å². The monoisotopic (exact) mass is 369 g/mol. The number of H-pyrrole nitrogens is 1. The Balaban J connectivity index is 1.62. The number of hydrogen-bond acceptors (Lipinski definition) is 4. The molecular weight excluding hydrogens is 348 g/mol. The van der Waals surface area contributed by atoms with E-state index in [1.54, 1.807) is 24.3 Å². The Morgan fingerprint density at radius 1 is 1.23 bits per heavy atom. The number of nitrogens with one attached hydrogen (secondary N) is 2. The number of aromatic nitrogens is 2. The van der Waals surface area contributed by atoms with Gasteiger partial charge in [0.15, 0.2) is 11.0 Å². The van der Waals surface area contributed by atoms with Gasteiger partial charge in [-0.3, -0.25) is 4.79 Å². The molecule has 0 spiro atoms. The molecule has 6 nitrogen and oxygen atoms in total. The van der Waals surface area contributed by atoms with Crippen molar-refractivity contribution >= 4 is 34.4 Å². The summed E-state index contributed by atoms with van der Waals surface area (Å²) in [6.45, 7) is 1.97. The van der Waals surface area contributed by atoms with Crippen LogP contribution in [0.2, 0.25) is 0 Å². The molecule has 3 aromatic rings. The van der Waals surface area contributed by atoms with Crippen LogP contribution in [0.5, 0.6) is 5.75 Å². The van der Waals surface area contributed by atoms with Crippen LogP contribution in [0.4, 0.5) is 0 Å². The molecule has 0 bridgehead atoms. The fourth-order valence-electron chi connectivity index (χ4n) is 2.61. The van der Waals surface area contributed by atoms with E-state index < -0.39 is 0 Å². The summed E-state index contributed by atoms with van der Waals surface area (Å²) in [5, 5.41) is 14.5. The molecule has 134 valence electrons. The molecule has 0 aliphatic rings. The number of aromatic hydroxyl groups is 1. The SMILES string of the molecule is CC/C(=N/NC(=O)CSc1[nH]c2ccccc2[n+]1C)c1ccc(O)cc1. The standard InChI is InChI=1S/C19H20N4O2S/c1-3-15(13-8-10-14(24)11-9-13)21-22-18(25)12-26-19-20-16-6-4-5-7-17(16)23(19)2/h4-11H,3,12H2,1-2H3,(H2,21,22,24,25)/p+1. The third-order valence-electron chi connectivity index (χ3n) is 4.00. The van der Waals surface area contributed by atoms with E-state index in [1.165, 1.54) is 11.8 Å². The predicted octanol–water partition coefficient (Wildman–Crippen LogP) is 2.72. The number of para-hydroxylation sites is 2. The van der Waals surface area contributed by atoms with E-state index in [1.807, 2.05) is 42.8 Å². The summed E-state index contributed by atoms with van der Waals surface area (Å²) in [4.78, 5) is 15.5. The fourth-order valence-corrected chi connectivity index (χ4v) is 3.42. The number of fused-ring (bicyclic) bond motifs is 1. The number of thioether (sulfide) groups is 1. The van der Waals surface area contributed by atoms with Gasteiger partial charge in [-0.25, -0.2) is 15.0 Å². The highest BCUT2D eigenvalue weighted by molar-refractivity contribution is 7.99. The van der Waals surface area contributed by atoms with Gasteiger partial charge in [0.25, 0.3) is 5.91 Å². The fraction of sp³-hybridized carbons (Fsp3) is 0.211. The van der Waals surface area contributed by atoms with Crippen molar-refractivity contribution in [3.63, 3.8) is 0 Å². The topological polar surface area (TPSA) is 81.4 Å². The third-order valence-corrected chi connectivity index (χ3v) is 5.06. The van der Waals surface area contributed by atoms with E-state index in [2.05, 4.69) is 15.5 Å². The third kappa shape index (κ3) is 4.05. The van der Waals surface area contributed by atoms with Gasteiger partial charge in [-0.1, -0.05) is 19.1 Å². The molecule has 0 unspecified atom stereocenters. The van der Waals surface area contributed by atoms with Crippen molar-refractivity contribution in [2.45, 2.75) is 18.5 Å². The van der Waals surface area contributed by atoms with Crippen molar-refractivity contribution in [3.05, 3.63) is 54.1 Å². The van der Waals surface area contributed by atoms with E-state index >= 15 is 0 Å². The number of carbonyl (C=O) groups is 1. The molecular formula is C19H21N4O2S+. The summed E-state index contributed by atoms with van der Waals surface area (Å²) in [5.41, 5.74) is 6.38. The molecule has 3 rings (SSSR count). The first-order chi connectivity index (χ1) is 12.6. The maximum Gasteiger partial charge on any atom is 0.317 e. The van der Waals surface area contributed by atoms with Crippen molar-refractivity contribution < 1.29 is 14.5 Å². The molecule has 2 aromatic carbocycles. The maximum absolute atomic E-state index is 12.1. The second kappa shape index (κ2) is 8.05. The van der Waals surface area contributed by atoms with Crippen LogP contribution in [0.15, 0.2) is 58.8 Å². The summed E-state index contributed by atoms with van der Waals surface area (Å²) < 4.78 is 2.03. The van der Waals surface area contributed by atoms with Gasteiger partial charge in [0.2, 0.25) is 0 Å². The lowest BCUT2D eigenvalue weighted by atomic mass is 10.1. The van der Waals surface area contributed by atoms with Gasteiger partial charge in [0, 0.05) is 0 Å². The highest BCUT2D eigenvalue weighted by Crippen LogP contribution is 2.17. The molecule has 26 heavy (non-hydrogen) atoms. The van der Waals surface area contributed by atoms with Gasteiger partial charge < -0.3 is 5.11 Å². The molecule has 0 aliphatic heterocycles. The molecule has 1 aromatic heterocycles. The number of rotatable bonds is 6. The lowest BCUT2D eigenvalue weighted by molar-refractivity contribution is -0.683. The molecule has 0 radical (unpaired) electrons. The summed E-state index contributed by atoms with van der Waals surface area (Å²) >= 11 is 1.43. The van der Waals surface area contributed by atoms with Crippen molar-refractivity contribution in [1.29, 1.82) is 0 Å². The first kappa shape index (κ1) is 18.0. The van der Waals surface area contributed by atoms with Gasteiger partial charge >= 0.3 is 5.16 Å². The van der Waals surface area contributed by atoms with Crippen LogP contribution in [0.3, 0.4) is 0 Å². The van der Waals surface area contributed by atoms with Crippen LogP contribution in [-0.4, -0.2) is 27.5 Å². The van der Waals surface area contributed by atoms with Crippen molar-refractivity contribution in [1.82, 2.24) is 10.4 Å². The second-order valence-electron chi connectivity index (χ2n) is 5.79. The largest absolute Gasteiger partial charge is 0.508 e. The van der Waals surface area contributed by atoms with Crippen molar-refractivity contribution in [2.24, 2.45) is 12.1 Å². The van der Waals surface area contributed by atoms with E-state index in [-0.39, 0.29) is 17.4 Å². The molecule has 7 heteroatoms. The average Bonchev–Trinajstić information content (AvgIpc) is 2.98. The number of nitrogens with zero attached hydrogens (tertiary/aromatic N) is 2. The molecule has 0 saturated heterocycles. The number of aryl methyl sites for hydroxylation is 1. The lowest BCUT2D eigenvalue weighted by Gasteiger charge is -2.05. The number of imidazole rings is 1. The average molecular weight is 369 g/mol. The minimum atomic E-state index is -0.168. The second-order valence-corrected chi connectivity index (χ2v) is 6.75. The summed E-state index contributed by atoms with van der Waals surface area (Å²) in [6, 6.07) is 14.8. The molecule has 0 atom stereocenters. The van der Waals surface area contributed by atoms with Crippen LogP contribution in [0.25, 0.3) is 11.0 Å². The van der Waals surface area contributed by atoms with Gasteiger partial charge in [-0.05, 0) is 60.1 Å². The molecule has 0 fully saturated rings. The summed E-state index contributed by atoms with van der Waals surface area (Å²) in [6.07, 6.45) is 0.676. The first-order valence-electron chi connectivity index (χ1n) is 8.33. The van der Waals surface area contributed by atoms with Gasteiger partial charge in [0.05, 0.1) is 18.5 Å². The normalized spacial score (nSPS) is 11.7. The Morgan fingerprint density at radius 2 is 1.96 bits per heavy atom. The van der Waals surface area contributed by atoms with Crippen LogP contribution >= 0.6 is 11.8 Å². The zero-order valence-electron chi connectivity index (χ0n) is 14.7. The number of phenolic OH excluding ortho intramolecular Hbond substituents is 1. The Hall–Kier alpha value is -2.80. The number of amides is 1. The predicted molar refractivity (Wildman–Crippen MR) is 103 cm³/mol. The van der Waals surface area contributed by atoms with Gasteiger partial charge in [-0.15, -0.1) is 0 Å². The zero-order valence-corrected chi connectivity index (χ0v) is 15.5. The number of hydrazone groups is 1. The van der Waals surface area contributed by atoms with E-state index in [0.717, 1.165) is 27.5 Å². The smallest absolute Gasteiger partial charge is 0.317 e. The van der Waals surface area contributed by atoms with Crippen LogP contribution in [-0.2, 0) is 11.8 Å². The Labute approximate surface area is 155 Å². The van der Waals surface area contributed by atoms with Crippen LogP contribution in [0, 0.1) is 0 Å². The minimum Gasteiger partial charge on any atom is -0.508 e. The highest BCUT2D eigenvalue weighted by atomic mass is 32.2. The number of benzene rings is 2. The van der Waals surface area contributed by atoms with Crippen LogP contribution < -0.4 is 9.99 Å². The number of hydrogen-bond donors (Lipinski definition) is 3. The highest BCUT2D eigenvalue weighted by Gasteiger charge is 2.16. The molecule has 0 aliphatic carbocycles. The number of aromatic amines is 1. The quantitative estimate of drug-likeness (QED) is 0.270. The maximum atomic E-state index is 12.1. The first-order valence-corrected chi connectivity index (χ1v) is 9.31. The molecule has 1 heterocycles.